The van der Waals surface area contributed by atoms with Crippen molar-refractivity contribution in [2.24, 2.45) is 11.8 Å². The minimum absolute atomic E-state index is 0.0688. The van der Waals surface area contributed by atoms with Gasteiger partial charge in [0.1, 0.15) is 11.6 Å². The van der Waals surface area contributed by atoms with Crippen molar-refractivity contribution >= 4 is 23.5 Å². The molecule has 2 aromatic heterocycles. The van der Waals surface area contributed by atoms with Crippen LogP contribution in [-0.2, 0) is 9.59 Å². The van der Waals surface area contributed by atoms with Gasteiger partial charge >= 0.3 is 0 Å². The molecule has 0 saturated carbocycles. The zero-order valence-electron chi connectivity index (χ0n) is 20.1. The van der Waals surface area contributed by atoms with Crippen molar-refractivity contribution in [2.45, 2.75) is 25.7 Å². The van der Waals surface area contributed by atoms with E-state index in [0.717, 1.165) is 50.4 Å². The molecule has 10 nitrogen and oxygen atoms in total. The van der Waals surface area contributed by atoms with Crippen molar-refractivity contribution in [3.05, 3.63) is 37.2 Å². The van der Waals surface area contributed by atoms with Crippen LogP contribution in [0.1, 0.15) is 25.7 Å². The second-order valence-electron chi connectivity index (χ2n) is 9.22. The van der Waals surface area contributed by atoms with Crippen LogP contribution in [0.4, 0.5) is 11.6 Å². The molecular formula is C24H34N8O2. The van der Waals surface area contributed by atoms with Gasteiger partial charge in [0.15, 0.2) is 0 Å². The molecule has 182 valence electrons. The van der Waals surface area contributed by atoms with Gasteiger partial charge < -0.3 is 19.6 Å². The van der Waals surface area contributed by atoms with Crippen LogP contribution < -0.4 is 9.80 Å². The fraction of sp³-hybridized carbons (Fsp3) is 0.583. The third-order valence-corrected chi connectivity index (χ3v) is 6.81. The van der Waals surface area contributed by atoms with Crippen molar-refractivity contribution in [1.82, 2.24) is 29.7 Å². The van der Waals surface area contributed by atoms with E-state index in [1.165, 1.54) is 0 Å². The van der Waals surface area contributed by atoms with Crippen LogP contribution in [-0.4, -0.2) is 94.9 Å². The van der Waals surface area contributed by atoms with Gasteiger partial charge in [0.05, 0.1) is 24.2 Å². The van der Waals surface area contributed by atoms with Crippen LogP contribution in [0.3, 0.4) is 0 Å². The number of amides is 2. The Labute approximate surface area is 201 Å². The Bertz CT molecular complexity index is 867. The molecule has 2 aliphatic heterocycles. The minimum atomic E-state index is -0.0688. The predicted octanol–water partition coefficient (Wildman–Crippen LogP) is 1.32. The summed E-state index contributed by atoms with van der Waals surface area (Å²) in [5.41, 5.74) is 0. The molecule has 4 rings (SSSR count). The number of rotatable bonds is 7. The topological polar surface area (TPSA) is 98.7 Å². The number of likely N-dealkylation sites (N-methyl/N-ethyl adjacent to an activating group) is 2. The smallest absolute Gasteiger partial charge is 0.227 e. The highest BCUT2D eigenvalue weighted by atomic mass is 16.2. The Morgan fingerprint density at radius 3 is 1.62 bits per heavy atom. The molecule has 10 heteroatoms. The lowest BCUT2D eigenvalue weighted by Gasteiger charge is -2.36. The number of anilines is 2. The van der Waals surface area contributed by atoms with Gasteiger partial charge in [-0.05, 0) is 25.7 Å². The molecule has 0 aliphatic carbocycles. The van der Waals surface area contributed by atoms with Crippen molar-refractivity contribution < 1.29 is 9.59 Å². The van der Waals surface area contributed by atoms with Gasteiger partial charge in [-0.1, -0.05) is 0 Å². The number of nitrogens with zero attached hydrogens (tertiary/aromatic N) is 8. The Kier molecular flexibility index (Phi) is 7.87. The lowest BCUT2D eigenvalue weighted by Crippen LogP contribution is -2.47. The van der Waals surface area contributed by atoms with Gasteiger partial charge in [-0.2, -0.15) is 0 Å². The molecule has 2 atom stereocenters. The van der Waals surface area contributed by atoms with Gasteiger partial charge in [0, 0.05) is 78.2 Å². The second kappa shape index (κ2) is 11.2. The molecular weight excluding hydrogens is 432 g/mol. The molecule has 2 aliphatic rings. The maximum atomic E-state index is 13.1. The highest BCUT2D eigenvalue weighted by molar-refractivity contribution is 5.80. The Hall–Kier alpha value is -3.30. The first-order valence-electron chi connectivity index (χ1n) is 12.0. The average Bonchev–Trinajstić information content (AvgIpc) is 2.91. The van der Waals surface area contributed by atoms with Gasteiger partial charge in [-0.3, -0.25) is 19.6 Å². The largest absolute Gasteiger partial charge is 0.355 e. The lowest BCUT2D eigenvalue weighted by molar-refractivity contribution is -0.138. The summed E-state index contributed by atoms with van der Waals surface area (Å²) >= 11 is 0. The van der Waals surface area contributed by atoms with Gasteiger partial charge in [0.2, 0.25) is 11.8 Å². The van der Waals surface area contributed by atoms with Gasteiger partial charge in [-0.15, -0.1) is 0 Å². The number of carbonyl (C=O) groups excluding carboxylic acids is 2. The maximum Gasteiger partial charge on any atom is 0.227 e. The molecule has 0 bridgehead atoms. The highest BCUT2D eigenvalue weighted by Gasteiger charge is 2.31. The van der Waals surface area contributed by atoms with E-state index in [-0.39, 0.29) is 23.7 Å². The van der Waals surface area contributed by atoms with E-state index in [9.17, 15) is 9.59 Å². The van der Waals surface area contributed by atoms with E-state index in [4.69, 9.17) is 0 Å². The summed E-state index contributed by atoms with van der Waals surface area (Å²) < 4.78 is 0. The fourth-order valence-electron chi connectivity index (χ4n) is 4.83. The standard InChI is InChI=1S/C24H34N8O2/c1-29(23(33)19-5-3-11-31(17-19)21-15-25-7-9-27-21)13-14-30(2)24(34)20-6-4-12-32(18-20)22-16-26-8-10-28-22/h7-10,15-16,19-20H,3-6,11-14,17-18H2,1-2H3. The highest BCUT2D eigenvalue weighted by Crippen LogP contribution is 2.23. The monoisotopic (exact) mass is 466 g/mol. The van der Waals surface area contributed by atoms with Gasteiger partial charge in [-0.25, -0.2) is 9.97 Å². The van der Waals surface area contributed by atoms with Crippen LogP contribution in [0.15, 0.2) is 37.2 Å². The van der Waals surface area contributed by atoms with Crippen molar-refractivity contribution in [3.63, 3.8) is 0 Å². The Morgan fingerprint density at radius 2 is 1.24 bits per heavy atom. The molecule has 2 unspecified atom stereocenters. The number of hydrogen-bond donors (Lipinski definition) is 0. The number of carbonyl (C=O) groups is 2. The normalized spacial score (nSPS) is 20.6. The number of aromatic nitrogens is 4. The molecule has 4 heterocycles. The summed E-state index contributed by atoms with van der Waals surface area (Å²) in [7, 11) is 3.66. The number of hydrogen-bond acceptors (Lipinski definition) is 8. The first-order chi connectivity index (χ1) is 16.5. The summed E-state index contributed by atoms with van der Waals surface area (Å²) in [5, 5.41) is 0. The van der Waals surface area contributed by atoms with Crippen LogP contribution in [0.2, 0.25) is 0 Å². The van der Waals surface area contributed by atoms with E-state index in [0.29, 0.717) is 26.2 Å². The zero-order valence-corrected chi connectivity index (χ0v) is 20.1. The molecule has 2 saturated heterocycles. The van der Waals surface area contributed by atoms with Crippen LogP contribution in [0, 0.1) is 11.8 Å². The van der Waals surface area contributed by atoms with E-state index >= 15 is 0 Å². The van der Waals surface area contributed by atoms with E-state index < -0.39 is 0 Å². The first kappa shape index (κ1) is 23.8. The summed E-state index contributed by atoms with van der Waals surface area (Å²) in [4.78, 5) is 51.0. The van der Waals surface area contributed by atoms with Crippen molar-refractivity contribution in [3.8, 4) is 0 Å². The maximum absolute atomic E-state index is 13.1. The SMILES string of the molecule is CN(CCN(C)C(=O)C1CCCN(c2cnccn2)C1)C(=O)C1CCCN(c2cnccn2)C1. The Morgan fingerprint density at radius 1 is 0.794 bits per heavy atom. The van der Waals surface area contributed by atoms with Gasteiger partial charge in [0.25, 0.3) is 0 Å². The fourth-order valence-corrected chi connectivity index (χ4v) is 4.83. The zero-order chi connectivity index (χ0) is 23.9. The molecule has 0 aromatic carbocycles. The second-order valence-corrected chi connectivity index (χ2v) is 9.22. The van der Waals surface area contributed by atoms with Crippen molar-refractivity contribution in [1.29, 1.82) is 0 Å². The quantitative estimate of drug-likeness (QED) is 0.603. The van der Waals surface area contributed by atoms with Crippen LogP contribution in [0.5, 0.6) is 0 Å². The lowest BCUT2D eigenvalue weighted by atomic mass is 9.96. The summed E-state index contributed by atoms with van der Waals surface area (Å²) in [6, 6.07) is 0. The molecule has 0 N–H and O–H groups in total. The minimum Gasteiger partial charge on any atom is -0.355 e. The molecule has 0 radical (unpaired) electrons. The third-order valence-electron chi connectivity index (χ3n) is 6.81. The van der Waals surface area contributed by atoms with Crippen LogP contribution >= 0.6 is 0 Å². The third kappa shape index (κ3) is 5.78. The van der Waals surface area contributed by atoms with E-state index in [1.54, 1.807) is 47.0 Å². The molecule has 2 amide bonds. The van der Waals surface area contributed by atoms with E-state index in [2.05, 4.69) is 29.7 Å². The van der Waals surface area contributed by atoms with E-state index in [1.807, 2.05) is 14.1 Å². The molecule has 0 spiro atoms. The van der Waals surface area contributed by atoms with Crippen LogP contribution in [0.25, 0.3) is 0 Å². The van der Waals surface area contributed by atoms with Crippen molar-refractivity contribution in [2.75, 3.05) is 63.2 Å². The number of piperidine rings is 2. The summed E-state index contributed by atoms with van der Waals surface area (Å²) in [6.45, 7) is 4.10. The Balaban J connectivity index is 1.26. The first-order valence-corrected chi connectivity index (χ1v) is 12.0. The predicted molar refractivity (Wildman–Crippen MR) is 129 cm³/mol. The average molecular weight is 467 g/mol. The molecule has 2 fully saturated rings. The summed E-state index contributed by atoms with van der Waals surface area (Å²) in [5.74, 6) is 1.75. The molecule has 34 heavy (non-hydrogen) atoms. The summed E-state index contributed by atoms with van der Waals surface area (Å²) in [6.07, 6.45) is 13.8. The molecule has 2 aromatic rings.